The molecule has 0 aromatic heterocycles. The van der Waals surface area contributed by atoms with E-state index in [0.717, 1.165) is 12.1 Å². The second-order valence-electron chi connectivity index (χ2n) is 3.50. The van der Waals surface area contributed by atoms with Gasteiger partial charge in [-0.3, -0.25) is 4.79 Å². The first-order valence-electron chi connectivity index (χ1n) is 5.07. The van der Waals surface area contributed by atoms with E-state index in [1.807, 2.05) is 0 Å². The zero-order valence-electron chi connectivity index (χ0n) is 9.66. The third-order valence-electron chi connectivity index (χ3n) is 2.14. The van der Waals surface area contributed by atoms with Crippen LogP contribution in [0.1, 0.15) is 10.4 Å². The van der Waals surface area contributed by atoms with Crippen LogP contribution in [0.15, 0.2) is 29.2 Å². The maximum atomic E-state index is 11.9. The lowest BCUT2D eigenvalue weighted by Gasteiger charge is -2.07. The number of sulfone groups is 1. The van der Waals surface area contributed by atoms with Gasteiger partial charge in [-0.2, -0.15) is 5.26 Å². The van der Waals surface area contributed by atoms with Gasteiger partial charge in [-0.25, -0.2) is 13.2 Å². The van der Waals surface area contributed by atoms with Crippen LogP contribution in [0.25, 0.3) is 0 Å². The Morgan fingerprint density at radius 2 is 1.95 bits per heavy atom. The molecule has 19 heavy (non-hydrogen) atoms. The lowest BCUT2D eigenvalue weighted by molar-refractivity contribution is -0.118. The van der Waals surface area contributed by atoms with Crippen LogP contribution in [0.4, 0.5) is 0 Å². The Kier molecular flexibility index (Phi) is 4.61. The van der Waals surface area contributed by atoms with E-state index in [1.54, 1.807) is 6.07 Å². The summed E-state index contributed by atoms with van der Waals surface area (Å²) in [4.78, 5) is 21.8. The van der Waals surface area contributed by atoms with E-state index in [0.29, 0.717) is 0 Å². The van der Waals surface area contributed by atoms with Crippen LogP contribution in [0, 0.1) is 11.3 Å². The van der Waals surface area contributed by atoms with Crippen molar-refractivity contribution in [2.45, 2.75) is 4.90 Å². The molecule has 0 atom stereocenters. The summed E-state index contributed by atoms with van der Waals surface area (Å²) in [6.07, 6.45) is 0. The van der Waals surface area contributed by atoms with Crippen molar-refractivity contribution in [1.82, 2.24) is 5.32 Å². The number of aromatic carboxylic acids is 1. The molecule has 0 fully saturated rings. The quantitative estimate of drug-likeness (QED) is 0.720. The standard InChI is InChI=1S/C11H10N2O5S/c12-5-6-13-10(14)7-19(17,18)9-4-2-1-3-8(9)11(15)16/h1-4H,6-7H2,(H,13,14)(H,15,16). The molecule has 0 aliphatic heterocycles. The third-order valence-corrected chi connectivity index (χ3v) is 3.81. The number of nitrogens with zero attached hydrogens (tertiary/aromatic N) is 1. The number of rotatable bonds is 5. The van der Waals surface area contributed by atoms with Gasteiger partial charge in [0.1, 0.15) is 12.3 Å². The zero-order chi connectivity index (χ0) is 14.5. The van der Waals surface area contributed by atoms with E-state index in [-0.39, 0.29) is 6.54 Å². The molecule has 1 aromatic carbocycles. The number of hydrogen-bond donors (Lipinski definition) is 2. The van der Waals surface area contributed by atoms with Crippen molar-refractivity contribution in [2.24, 2.45) is 0 Å². The molecule has 100 valence electrons. The van der Waals surface area contributed by atoms with Crippen molar-refractivity contribution in [1.29, 1.82) is 5.26 Å². The third kappa shape index (κ3) is 3.79. The second kappa shape index (κ2) is 5.97. The Hall–Kier alpha value is -2.40. The number of nitriles is 1. The van der Waals surface area contributed by atoms with Crippen molar-refractivity contribution in [3.63, 3.8) is 0 Å². The van der Waals surface area contributed by atoms with Gasteiger partial charge < -0.3 is 10.4 Å². The summed E-state index contributed by atoms with van der Waals surface area (Å²) >= 11 is 0. The van der Waals surface area contributed by atoms with E-state index < -0.39 is 37.9 Å². The van der Waals surface area contributed by atoms with Gasteiger partial charge in [-0.1, -0.05) is 12.1 Å². The summed E-state index contributed by atoms with van der Waals surface area (Å²) < 4.78 is 23.8. The molecular formula is C11H10N2O5S. The number of carboxylic acid groups (broad SMARTS) is 1. The molecule has 8 heteroatoms. The molecule has 0 aliphatic carbocycles. The Balaban J connectivity index is 3.05. The van der Waals surface area contributed by atoms with Gasteiger partial charge in [-0.15, -0.1) is 0 Å². The summed E-state index contributed by atoms with van der Waals surface area (Å²) in [6, 6.07) is 6.65. The number of carbonyl (C=O) groups excluding carboxylic acids is 1. The van der Waals surface area contributed by atoms with Crippen LogP contribution in [0.5, 0.6) is 0 Å². The highest BCUT2D eigenvalue weighted by atomic mass is 32.2. The summed E-state index contributed by atoms with van der Waals surface area (Å²) in [5, 5.41) is 19.2. The number of carbonyl (C=O) groups is 2. The molecule has 0 unspecified atom stereocenters. The van der Waals surface area contributed by atoms with Crippen LogP contribution in [0.3, 0.4) is 0 Å². The van der Waals surface area contributed by atoms with Crippen LogP contribution in [-0.4, -0.2) is 37.7 Å². The van der Waals surface area contributed by atoms with Crippen molar-refractivity contribution in [3.05, 3.63) is 29.8 Å². The maximum absolute atomic E-state index is 11.9. The van der Waals surface area contributed by atoms with E-state index >= 15 is 0 Å². The van der Waals surface area contributed by atoms with Gasteiger partial charge in [-0.05, 0) is 12.1 Å². The molecular weight excluding hydrogens is 272 g/mol. The molecule has 0 saturated carbocycles. The first kappa shape index (κ1) is 14.7. The van der Waals surface area contributed by atoms with Crippen LogP contribution < -0.4 is 5.32 Å². The smallest absolute Gasteiger partial charge is 0.337 e. The minimum Gasteiger partial charge on any atom is -0.478 e. The Morgan fingerprint density at radius 1 is 1.32 bits per heavy atom. The molecule has 1 rings (SSSR count). The number of nitrogens with one attached hydrogen (secondary N) is 1. The minimum absolute atomic E-state index is 0.311. The van der Waals surface area contributed by atoms with Gasteiger partial charge in [0.25, 0.3) is 0 Å². The molecule has 1 aromatic rings. The van der Waals surface area contributed by atoms with E-state index in [1.165, 1.54) is 12.1 Å². The van der Waals surface area contributed by atoms with E-state index in [4.69, 9.17) is 10.4 Å². The van der Waals surface area contributed by atoms with E-state index in [2.05, 4.69) is 5.32 Å². The first-order valence-corrected chi connectivity index (χ1v) is 6.72. The predicted octanol–water partition coefficient (Wildman–Crippen LogP) is -0.202. The molecule has 0 radical (unpaired) electrons. The van der Waals surface area contributed by atoms with Crippen molar-refractivity contribution >= 4 is 21.7 Å². The fraction of sp³-hybridized carbons (Fsp3) is 0.182. The fourth-order valence-electron chi connectivity index (χ4n) is 1.35. The molecule has 0 heterocycles. The SMILES string of the molecule is N#CCNC(=O)CS(=O)(=O)c1ccccc1C(=O)O. The van der Waals surface area contributed by atoms with Gasteiger partial charge in [0, 0.05) is 0 Å². The average molecular weight is 282 g/mol. The van der Waals surface area contributed by atoms with Gasteiger partial charge in [0.05, 0.1) is 16.5 Å². The average Bonchev–Trinajstić information content (AvgIpc) is 2.35. The second-order valence-corrected chi connectivity index (χ2v) is 5.45. The van der Waals surface area contributed by atoms with Crippen LogP contribution in [-0.2, 0) is 14.6 Å². The summed E-state index contributed by atoms with van der Waals surface area (Å²) in [5.74, 6) is -3.16. The highest BCUT2D eigenvalue weighted by molar-refractivity contribution is 7.92. The number of hydrogen-bond acceptors (Lipinski definition) is 5. The van der Waals surface area contributed by atoms with Crippen molar-refractivity contribution in [2.75, 3.05) is 12.3 Å². The lowest BCUT2D eigenvalue weighted by Crippen LogP contribution is -2.31. The van der Waals surface area contributed by atoms with Crippen LogP contribution in [0.2, 0.25) is 0 Å². The van der Waals surface area contributed by atoms with Gasteiger partial charge in [0.2, 0.25) is 5.91 Å². The molecule has 0 bridgehead atoms. The largest absolute Gasteiger partial charge is 0.478 e. The zero-order valence-corrected chi connectivity index (χ0v) is 10.5. The lowest BCUT2D eigenvalue weighted by atomic mass is 10.2. The Morgan fingerprint density at radius 3 is 2.53 bits per heavy atom. The van der Waals surface area contributed by atoms with Crippen LogP contribution >= 0.6 is 0 Å². The molecule has 2 N–H and O–H groups in total. The van der Waals surface area contributed by atoms with Gasteiger partial charge >= 0.3 is 5.97 Å². The highest BCUT2D eigenvalue weighted by Crippen LogP contribution is 2.16. The summed E-state index contributed by atoms with van der Waals surface area (Å²) in [7, 11) is -4.07. The fourth-order valence-corrected chi connectivity index (χ4v) is 2.73. The van der Waals surface area contributed by atoms with Crippen molar-refractivity contribution in [3.8, 4) is 6.07 Å². The van der Waals surface area contributed by atoms with Crippen molar-refractivity contribution < 1.29 is 23.1 Å². The topological polar surface area (TPSA) is 124 Å². The Bertz CT molecular complexity index is 645. The monoisotopic (exact) mass is 282 g/mol. The minimum atomic E-state index is -4.07. The molecule has 0 spiro atoms. The summed E-state index contributed by atoms with van der Waals surface area (Å²) in [6.45, 7) is -0.311. The highest BCUT2D eigenvalue weighted by Gasteiger charge is 2.24. The molecule has 0 saturated heterocycles. The van der Waals surface area contributed by atoms with Gasteiger partial charge in [0.15, 0.2) is 9.84 Å². The number of amides is 1. The summed E-state index contributed by atoms with van der Waals surface area (Å²) in [5.41, 5.74) is -0.393. The van der Waals surface area contributed by atoms with E-state index in [9.17, 15) is 18.0 Å². The molecule has 1 amide bonds. The molecule has 7 nitrogen and oxygen atoms in total. The Labute approximate surface area is 109 Å². The normalized spacial score (nSPS) is 10.5. The number of benzene rings is 1. The predicted molar refractivity (Wildman–Crippen MR) is 64.1 cm³/mol. The number of carboxylic acids is 1. The molecule has 0 aliphatic rings. The maximum Gasteiger partial charge on any atom is 0.337 e. The first-order chi connectivity index (χ1) is 8.88.